The molecule has 1 aliphatic rings. The number of hydrogen-bond acceptors (Lipinski definition) is 3. The lowest BCUT2D eigenvalue weighted by molar-refractivity contribution is -0.137. The highest BCUT2D eigenvalue weighted by Gasteiger charge is 2.35. The van der Waals surface area contributed by atoms with E-state index in [0.29, 0.717) is 12.2 Å². The molecule has 0 radical (unpaired) electrons. The topological polar surface area (TPSA) is 60.9 Å². The van der Waals surface area contributed by atoms with E-state index in [2.05, 4.69) is 0 Å². The average Bonchev–Trinajstić information content (AvgIpc) is 2.46. The summed E-state index contributed by atoms with van der Waals surface area (Å²) in [5.74, 6) is -1.58. The second-order valence-corrected chi connectivity index (χ2v) is 5.45. The highest BCUT2D eigenvalue weighted by molar-refractivity contribution is 5.99. The van der Waals surface area contributed by atoms with Crippen molar-refractivity contribution in [1.82, 2.24) is 0 Å². The quantitative estimate of drug-likeness (QED) is 0.908. The lowest BCUT2D eigenvalue weighted by Crippen LogP contribution is -2.52. The van der Waals surface area contributed by atoms with Gasteiger partial charge < -0.3 is 14.9 Å². The number of aliphatic carboxylic acids is 1. The van der Waals surface area contributed by atoms with Crippen molar-refractivity contribution in [1.29, 1.82) is 0 Å². The summed E-state index contributed by atoms with van der Waals surface area (Å²) in [5.41, 5.74) is 1.25. The average molecular weight is 308 g/mol. The monoisotopic (exact) mass is 308 g/mol. The Morgan fingerprint density at radius 3 is 2.64 bits per heavy atom. The van der Waals surface area contributed by atoms with Gasteiger partial charge in [-0.2, -0.15) is 0 Å². The second-order valence-electron chi connectivity index (χ2n) is 5.45. The zero-order valence-corrected chi connectivity index (χ0v) is 12.9. The van der Waals surface area contributed by atoms with E-state index in [9.17, 15) is 14.0 Å². The van der Waals surface area contributed by atoms with Crippen LogP contribution in [0.25, 0.3) is 0 Å². The Morgan fingerprint density at radius 2 is 2.05 bits per heavy atom. The first-order valence-corrected chi connectivity index (χ1v) is 7.56. The summed E-state index contributed by atoms with van der Waals surface area (Å²) in [5, 5.41) is 9.13. The molecule has 2 rings (SSSR count). The van der Waals surface area contributed by atoms with E-state index < -0.39 is 17.8 Å². The number of carboxylic acid groups (broad SMARTS) is 1. The van der Waals surface area contributed by atoms with Crippen molar-refractivity contribution < 1.29 is 19.1 Å². The Kier molecular flexibility index (Phi) is 5.00. The summed E-state index contributed by atoms with van der Waals surface area (Å²) < 4.78 is 13.7. The second kappa shape index (κ2) is 6.77. The maximum absolute atomic E-state index is 13.7. The summed E-state index contributed by atoms with van der Waals surface area (Å²) in [6.07, 6.45) is 0.986. The predicted molar refractivity (Wildman–Crippen MR) is 82.7 cm³/mol. The molecule has 1 aliphatic heterocycles. The van der Waals surface area contributed by atoms with Gasteiger partial charge in [-0.1, -0.05) is 13.8 Å². The number of nitrogens with zero attached hydrogens (tertiary/aromatic N) is 2. The fourth-order valence-electron chi connectivity index (χ4n) is 2.94. The Balaban J connectivity index is 2.50. The molecule has 1 N–H and O–H groups in total. The minimum Gasteiger partial charge on any atom is -0.481 e. The van der Waals surface area contributed by atoms with E-state index in [1.807, 2.05) is 11.8 Å². The number of carboxylic acids is 1. The van der Waals surface area contributed by atoms with Gasteiger partial charge in [0, 0.05) is 19.5 Å². The molecule has 0 saturated carbocycles. The molecule has 1 aromatic rings. The van der Waals surface area contributed by atoms with Gasteiger partial charge in [0.25, 0.3) is 0 Å². The highest BCUT2D eigenvalue weighted by Crippen LogP contribution is 2.37. The van der Waals surface area contributed by atoms with Crippen LogP contribution in [0, 0.1) is 5.82 Å². The van der Waals surface area contributed by atoms with Crippen molar-refractivity contribution in [3.63, 3.8) is 0 Å². The van der Waals surface area contributed by atoms with Crippen molar-refractivity contribution in [2.24, 2.45) is 0 Å². The molecule has 120 valence electrons. The van der Waals surface area contributed by atoms with Crippen LogP contribution >= 0.6 is 0 Å². The normalized spacial score (nSPS) is 17.3. The molecular weight excluding hydrogens is 287 g/mol. The molecule has 0 bridgehead atoms. The van der Waals surface area contributed by atoms with Crippen molar-refractivity contribution in [3.05, 3.63) is 24.0 Å². The van der Waals surface area contributed by atoms with Gasteiger partial charge in [0.05, 0.1) is 23.8 Å². The van der Waals surface area contributed by atoms with E-state index >= 15 is 0 Å². The summed E-state index contributed by atoms with van der Waals surface area (Å²) in [7, 11) is 0. The van der Waals surface area contributed by atoms with Crippen LogP contribution in [0.4, 0.5) is 15.8 Å². The highest BCUT2D eigenvalue weighted by atomic mass is 19.1. The van der Waals surface area contributed by atoms with E-state index in [1.54, 1.807) is 13.0 Å². The van der Waals surface area contributed by atoms with Crippen LogP contribution in [0.2, 0.25) is 0 Å². The Bertz CT molecular complexity index is 577. The number of benzene rings is 1. The summed E-state index contributed by atoms with van der Waals surface area (Å²) in [6.45, 7) is 4.93. The zero-order chi connectivity index (χ0) is 16.3. The van der Waals surface area contributed by atoms with Crippen LogP contribution in [-0.2, 0) is 9.59 Å². The number of halogens is 1. The van der Waals surface area contributed by atoms with E-state index in [1.165, 1.54) is 17.0 Å². The van der Waals surface area contributed by atoms with Gasteiger partial charge in [-0.25, -0.2) is 4.39 Å². The molecule has 22 heavy (non-hydrogen) atoms. The molecule has 6 heteroatoms. The smallest absolute Gasteiger partial charge is 0.305 e. The minimum atomic E-state index is -0.963. The maximum Gasteiger partial charge on any atom is 0.305 e. The summed E-state index contributed by atoms with van der Waals surface area (Å²) in [4.78, 5) is 26.9. The van der Waals surface area contributed by atoms with Crippen molar-refractivity contribution in [2.45, 2.75) is 39.2 Å². The van der Waals surface area contributed by atoms with Crippen LogP contribution in [0.3, 0.4) is 0 Å². The Morgan fingerprint density at radius 1 is 1.32 bits per heavy atom. The van der Waals surface area contributed by atoms with Crippen molar-refractivity contribution in [3.8, 4) is 0 Å². The first-order chi connectivity index (χ1) is 10.5. The maximum atomic E-state index is 13.7. The standard InChI is InChI=1S/C16H21FN2O3/c1-3-7-18-10-12(9-16(21)22)19(15(20)4-2)14-8-11(17)5-6-13(14)18/h5-6,8,12H,3-4,7,9-10H2,1-2H3,(H,21,22). The number of carbonyl (C=O) groups excluding carboxylic acids is 1. The minimum absolute atomic E-state index is 0.151. The van der Waals surface area contributed by atoms with Crippen LogP contribution in [0.5, 0.6) is 0 Å². The molecule has 0 aliphatic carbocycles. The first-order valence-electron chi connectivity index (χ1n) is 7.56. The van der Waals surface area contributed by atoms with Crippen LogP contribution in [0.15, 0.2) is 18.2 Å². The van der Waals surface area contributed by atoms with E-state index in [0.717, 1.165) is 18.7 Å². The molecule has 1 heterocycles. The zero-order valence-electron chi connectivity index (χ0n) is 12.9. The fourth-order valence-corrected chi connectivity index (χ4v) is 2.94. The van der Waals surface area contributed by atoms with Gasteiger partial charge in [0.2, 0.25) is 5.91 Å². The number of amides is 1. The predicted octanol–water partition coefficient (Wildman–Crippen LogP) is 2.64. The van der Waals surface area contributed by atoms with Gasteiger partial charge in [-0.15, -0.1) is 0 Å². The third kappa shape index (κ3) is 3.21. The summed E-state index contributed by atoms with van der Waals surface area (Å²) >= 11 is 0. The molecule has 0 saturated heterocycles. The number of hydrogen-bond donors (Lipinski definition) is 1. The number of carbonyl (C=O) groups is 2. The van der Waals surface area contributed by atoms with Crippen LogP contribution < -0.4 is 9.80 Å². The van der Waals surface area contributed by atoms with E-state index in [4.69, 9.17) is 5.11 Å². The fraction of sp³-hybridized carbons (Fsp3) is 0.500. The molecule has 1 atom stereocenters. The van der Waals surface area contributed by atoms with Crippen molar-refractivity contribution in [2.75, 3.05) is 22.9 Å². The number of anilines is 2. The molecule has 5 nitrogen and oxygen atoms in total. The lowest BCUT2D eigenvalue weighted by atomic mass is 10.0. The van der Waals surface area contributed by atoms with Gasteiger partial charge in [0.15, 0.2) is 0 Å². The van der Waals surface area contributed by atoms with Gasteiger partial charge in [-0.05, 0) is 24.6 Å². The third-order valence-electron chi connectivity index (χ3n) is 3.81. The molecule has 1 aromatic carbocycles. The molecular formula is C16H21FN2O3. The molecule has 1 unspecified atom stereocenters. The van der Waals surface area contributed by atoms with Crippen LogP contribution in [-0.4, -0.2) is 36.1 Å². The SMILES string of the molecule is CCCN1CC(CC(=O)O)N(C(=O)CC)c2cc(F)ccc21. The van der Waals surface area contributed by atoms with Gasteiger partial charge >= 0.3 is 5.97 Å². The van der Waals surface area contributed by atoms with Crippen LogP contribution in [0.1, 0.15) is 33.1 Å². The van der Waals surface area contributed by atoms with Gasteiger partial charge in [-0.3, -0.25) is 9.59 Å². The number of fused-ring (bicyclic) bond motifs is 1. The molecule has 1 amide bonds. The molecule has 0 aromatic heterocycles. The molecule has 0 fully saturated rings. The molecule has 0 spiro atoms. The summed E-state index contributed by atoms with van der Waals surface area (Å²) in [6, 6.07) is 3.87. The first kappa shape index (κ1) is 16.3. The third-order valence-corrected chi connectivity index (χ3v) is 3.81. The largest absolute Gasteiger partial charge is 0.481 e. The Labute approximate surface area is 129 Å². The van der Waals surface area contributed by atoms with Gasteiger partial charge in [0.1, 0.15) is 5.82 Å². The number of rotatable bonds is 5. The van der Waals surface area contributed by atoms with E-state index in [-0.39, 0.29) is 18.7 Å². The van der Waals surface area contributed by atoms with Crippen molar-refractivity contribution >= 4 is 23.3 Å². The lowest BCUT2D eigenvalue weighted by Gasteiger charge is -2.43. The Hall–Kier alpha value is -2.11.